The molecule has 2 aromatic heterocycles. The third-order valence-electron chi connectivity index (χ3n) is 6.80. The van der Waals surface area contributed by atoms with Crippen LogP contribution in [0.3, 0.4) is 0 Å². The Kier molecular flexibility index (Phi) is 6.18. The summed E-state index contributed by atoms with van der Waals surface area (Å²) in [5.41, 5.74) is 5.28. The molecule has 37 heavy (non-hydrogen) atoms. The molecule has 0 unspecified atom stereocenters. The molecule has 1 aliphatic carbocycles. The van der Waals surface area contributed by atoms with Crippen molar-refractivity contribution in [2.24, 2.45) is 5.41 Å². The summed E-state index contributed by atoms with van der Waals surface area (Å²) in [6.45, 7) is 15.4. The maximum Gasteiger partial charge on any atom is 0.223 e. The molecule has 1 aromatic carbocycles. The van der Waals surface area contributed by atoms with Crippen molar-refractivity contribution in [1.82, 2.24) is 14.9 Å². The summed E-state index contributed by atoms with van der Waals surface area (Å²) in [6, 6.07) is 13.7. The highest BCUT2D eigenvalue weighted by molar-refractivity contribution is 5.93. The number of H-pyrrole nitrogens is 1. The third-order valence-corrected chi connectivity index (χ3v) is 6.80. The molecular formula is C30H34FN5O. The molecule has 3 N–H and O–H groups in total. The summed E-state index contributed by atoms with van der Waals surface area (Å²) >= 11 is 0. The van der Waals surface area contributed by atoms with Gasteiger partial charge in [0.25, 0.3) is 0 Å². The van der Waals surface area contributed by atoms with Gasteiger partial charge in [0.1, 0.15) is 11.5 Å². The Hall–Kier alpha value is -3.87. The maximum atomic E-state index is 14.5. The molecule has 3 aromatic rings. The Bertz CT molecular complexity index is 1360. The second-order valence-corrected chi connectivity index (χ2v) is 11.3. The van der Waals surface area contributed by atoms with E-state index < -0.39 is 5.67 Å². The van der Waals surface area contributed by atoms with Crippen LogP contribution < -0.4 is 10.6 Å². The van der Waals surface area contributed by atoms with Crippen LogP contribution in [0, 0.1) is 5.41 Å². The summed E-state index contributed by atoms with van der Waals surface area (Å²) in [4.78, 5) is 22.9. The number of anilines is 3. The molecule has 0 bridgehead atoms. The summed E-state index contributed by atoms with van der Waals surface area (Å²) < 4.78 is 14.5. The van der Waals surface area contributed by atoms with Gasteiger partial charge in [-0.05, 0) is 48.1 Å². The summed E-state index contributed by atoms with van der Waals surface area (Å²) in [6.07, 6.45) is 3.14. The fourth-order valence-corrected chi connectivity index (χ4v) is 4.70. The lowest BCUT2D eigenvalue weighted by molar-refractivity contribution is -0.133. The first-order valence-corrected chi connectivity index (χ1v) is 12.7. The van der Waals surface area contributed by atoms with Gasteiger partial charge in [0.05, 0.1) is 17.9 Å². The van der Waals surface area contributed by atoms with Crippen LogP contribution in [-0.2, 0) is 11.3 Å². The summed E-state index contributed by atoms with van der Waals surface area (Å²) in [5.74, 6) is 0.646. The van der Waals surface area contributed by atoms with E-state index in [4.69, 9.17) is 0 Å². The highest BCUT2D eigenvalue weighted by atomic mass is 19.1. The number of halogens is 1. The van der Waals surface area contributed by atoms with Gasteiger partial charge in [-0.25, -0.2) is 9.37 Å². The number of nitrogens with one attached hydrogen (secondary N) is 3. The monoisotopic (exact) mass is 499 g/mol. The molecule has 0 radical (unpaired) electrons. The number of carbonyl (C=O) groups excluding carboxylic acids is 1. The van der Waals surface area contributed by atoms with Crippen LogP contribution in [0.2, 0.25) is 0 Å². The van der Waals surface area contributed by atoms with E-state index in [-0.39, 0.29) is 11.3 Å². The molecule has 1 saturated carbocycles. The van der Waals surface area contributed by atoms with Gasteiger partial charge in [0, 0.05) is 47.4 Å². The molecule has 0 spiro atoms. The lowest BCUT2D eigenvalue weighted by Gasteiger charge is -2.31. The van der Waals surface area contributed by atoms with E-state index in [2.05, 4.69) is 54.5 Å². The Labute approximate surface area is 217 Å². The normalized spacial score (nSPS) is 16.2. The maximum absolute atomic E-state index is 14.5. The molecule has 2 aliphatic rings. The van der Waals surface area contributed by atoms with Crippen LogP contribution in [0.25, 0.3) is 16.8 Å². The minimum Gasteiger partial charge on any atom is -0.355 e. The smallest absolute Gasteiger partial charge is 0.223 e. The average Bonchev–Trinajstić information content (AvgIpc) is 3.49. The zero-order chi connectivity index (χ0) is 26.4. The van der Waals surface area contributed by atoms with E-state index in [0.717, 1.165) is 39.5 Å². The van der Waals surface area contributed by atoms with Gasteiger partial charge >= 0.3 is 0 Å². The van der Waals surface area contributed by atoms with E-state index in [9.17, 15) is 9.18 Å². The van der Waals surface area contributed by atoms with Crippen LogP contribution in [0.1, 0.15) is 51.3 Å². The first-order chi connectivity index (χ1) is 17.5. The molecule has 1 amide bonds. The first-order valence-electron chi connectivity index (χ1n) is 12.7. The van der Waals surface area contributed by atoms with Crippen LogP contribution in [-0.4, -0.2) is 33.0 Å². The SMILES string of the molecule is C=C1CN(C(=O)CC(C)(C)C)Cc2[nH]c(-c3ccnc(NC(=C)C4(F)CC4)c3)c(Nc3ccccc3)c21. The Morgan fingerprint density at radius 1 is 1.19 bits per heavy atom. The minimum atomic E-state index is -1.34. The van der Waals surface area contributed by atoms with Crippen molar-refractivity contribution in [1.29, 1.82) is 0 Å². The van der Waals surface area contributed by atoms with E-state index >= 15 is 0 Å². The third kappa shape index (κ3) is 5.31. The number of allylic oxidation sites excluding steroid dienone is 1. The van der Waals surface area contributed by atoms with Gasteiger partial charge in [-0.2, -0.15) is 0 Å². The number of carbonyl (C=O) groups is 1. The molecule has 1 aliphatic heterocycles. The lowest BCUT2D eigenvalue weighted by atomic mass is 9.91. The highest BCUT2D eigenvalue weighted by Gasteiger charge is 2.46. The number of nitrogens with zero attached hydrogens (tertiary/aromatic N) is 2. The van der Waals surface area contributed by atoms with Crippen molar-refractivity contribution in [3.8, 4) is 11.3 Å². The zero-order valence-electron chi connectivity index (χ0n) is 21.7. The molecule has 5 rings (SSSR count). The van der Waals surface area contributed by atoms with Crippen molar-refractivity contribution in [3.05, 3.63) is 78.8 Å². The minimum absolute atomic E-state index is 0.0945. The first kappa shape index (κ1) is 24.8. The average molecular weight is 500 g/mol. The standard InChI is InChI=1S/C30H34FN5O/c1-19-17-36(25(37)16-29(3,4)5)18-23-26(19)28(34-22-9-7-6-8-10-22)27(35-23)21-11-14-32-24(15-21)33-20(2)30(31)12-13-30/h6-11,14-15,34-35H,1-2,12-13,16-18H2,3-5H3,(H,32,33). The molecular weight excluding hydrogens is 465 g/mol. The number of pyridine rings is 1. The number of para-hydroxylation sites is 1. The number of aromatic nitrogens is 2. The number of hydrogen-bond acceptors (Lipinski definition) is 4. The fourth-order valence-electron chi connectivity index (χ4n) is 4.70. The Morgan fingerprint density at radius 3 is 2.59 bits per heavy atom. The quantitative estimate of drug-likeness (QED) is 0.326. The van der Waals surface area contributed by atoms with Gasteiger partial charge in [0.2, 0.25) is 5.91 Å². The molecule has 3 heterocycles. The fraction of sp³-hybridized carbons (Fsp3) is 0.333. The van der Waals surface area contributed by atoms with Crippen molar-refractivity contribution in [3.63, 3.8) is 0 Å². The van der Waals surface area contributed by atoms with E-state index in [1.807, 2.05) is 47.4 Å². The lowest BCUT2D eigenvalue weighted by Crippen LogP contribution is -2.37. The van der Waals surface area contributed by atoms with Crippen LogP contribution in [0.5, 0.6) is 0 Å². The molecule has 7 heteroatoms. The van der Waals surface area contributed by atoms with Crippen LogP contribution >= 0.6 is 0 Å². The molecule has 1 fully saturated rings. The molecule has 192 valence electrons. The van der Waals surface area contributed by atoms with Gasteiger partial charge in [0.15, 0.2) is 0 Å². The number of hydrogen-bond donors (Lipinski definition) is 3. The molecule has 6 nitrogen and oxygen atoms in total. The molecule has 0 saturated heterocycles. The predicted molar refractivity (Wildman–Crippen MR) is 148 cm³/mol. The van der Waals surface area contributed by atoms with E-state index in [0.29, 0.717) is 43.9 Å². The van der Waals surface area contributed by atoms with Crippen molar-refractivity contribution >= 4 is 28.7 Å². The Morgan fingerprint density at radius 2 is 1.92 bits per heavy atom. The van der Waals surface area contributed by atoms with Crippen molar-refractivity contribution in [2.75, 3.05) is 17.2 Å². The molecule has 0 atom stereocenters. The van der Waals surface area contributed by atoms with Gasteiger partial charge < -0.3 is 20.5 Å². The number of amides is 1. The van der Waals surface area contributed by atoms with Crippen molar-refractivity contribution in [2.45, 2.75) is 52.2 Å². The van der Waals surface area contributed by atoms with Gasteiger partial charge in [-0.3, -0.25) is 4.79 Å². The number of rotatable bonds is 7. The Balaban J connectivity index is 1.52. The number of fused-ring (bicyclic) bond motifs is 1. The number of benzene rings is 1. The largest absolute Gasteiger partial charge is 0.355 e. The summed E-state index contributed by atoms with van der Waals surface area (Å²) in [7, 11) is 0. The van der Waals surface area contributed by atoms with Gasteiger partial charge in [-0.1, -0.05) is 52.1 Å². The van der Waals surface area contributed by atoms with E-state index in [1.165, 1.54) is 0 Å². The second kappa shape index (κ2) is 9.21. The highest BCUT2D eigenvalue weighted by Crippen LogP contribution is 2.46. The predicted octanol–water partition coefficient (Wildman–Crippen LogP) is 7.04. The summed E-state index contributed by atoms with van der Waals surface area (Å²) in [5, 5.41) is 6.62. The second-order valence-electron chi connectivity index (χ2n) is 11.3. The van der Waals surface area contributed by atoms with Crippen LogP contribution in [0.4, 0.5) is 21.6 Å². The number of alkyl halides is 1. The zero-order valence-corrected chi connectivity index (χ0v) is 21.7. The van der Waals surface area contributed by atoms with Crippen molar-refractivity contribution < 1.29 is 9.18 Å². The topological polar surface area (TPSA) is 73.0 Å². The van der Waals surface area contributed by atoms with Crippen LogP contribution in [0.15, 0.2) is 67.5 Å². The number of aromatic amines is 1. The van der Waals surface area contributed by atoms with E-state index in [1.54, 1.807) is 6.20 Å². The van der Waals surface area contributed by atoms with Gasteiger partial charge in [-0.15, -0.1) is 0 Å².